The number of rotatable bonds is 2. The average Bonchev–Trinajstić information content (AvgIpc) is 3.24. The van der Waals surface area contributed by atoms with Crippen molar-refractivity contribution in [1.29, 1.82) is 0 Å². The van der Waals surface area contributed by atoms with Crippen LogP contribution in [0.4, 0.5) is 39.5 Å². The van der Waals surface area contributed by atoms with E-state index in [9.17, 15) is 39.5 Å². The Labute approximate surface area is 215 Å². The van der Waals surface area contributed by atoms with Crippen LogP contribution in [0.1, 0.15) is 37.1 Å². The lowest BCUT2D eigenvalue weighted by molar-refractivity contribution is -0.193. The van der Waals surface area contributed by atoms with Crippen LogP contribution in [-0.4, -0.2) is 86.8 Å². The summed E-state index contributed by atoms with van der Waals surface area (Å²) in [6.45, 7) is 6.67. The SMILES string of the molecule is Cc1cccc(CN2CCCCC23CCNC3)n1.O=C(O)C(F)(F)F.O=C(O)C(F)(F)F.O=C(O)C(F)(F)F. The van der Waals surface area contributed by atoms with Crippen LogP contribution in [0.25, 0.3) is 0 Å². The van der Waals surface area contributed by atoms with Gasteiger partial charge in [-0.15, -0.1) is 0 Å². The number of nitrogens with one attached hydrogen (secondary N) is 1. The molecular formula is C21H26F9N3O6. The molecule has 2 saturated heterocycles. The molecule has 3 rings (SSSR count). The summed E-state index contributed by atoms with van der Waals surface area (Å²) < 4.78 is 95.2. The number of alkyl halides is 9. The van der Waals surface area contributed by atoms with Gasteiger partial charge in [0.2, 0.25) is 0 Å². The normalized spacial score (nSPS) is 19.4. The summed E-state index contributed by atoms with van der Waals surface area (Å²) in [5.74, 6) is -8.27. The second-order valence-electron chi connectivity index (χ2n) is 8.21. The molecular weight excluding hydrogens is 561 g/mol. The topological polar surface area (TPSA) is 140 Å². The van der Waals surface area contributed by atoms with E-state index >= 15 is 0 Å². The summed E-state index contributed by atoms with van der Waals surface area (Å²) in [4.78, 5) is 34.0. The van der Waals surface area contributed by atoms with Gasteiger partial charge in [-0.1, -0.05) is 12.5 Å². The predicted octanol–water partition coefficient (Wildman–Crippen LogP) is 4.01. The quantitative estimate of drug-likeness (QED) is 0.378. The van der Waals surface area contributed by atoms with Crippen molar-refractivity contribution in [3.8, 4) is 0 Å². The summed E-state index contributed by atoms with van der Waals surface area (Å²) in [5, 5.41) is 24.9. The van der Waals surface area contributed by atoms with Crippen LogP contribution in [0.3, 0.4) is 0 Å². The van der Waals surface area contributed by atoms with Gasteiger partial charge in [0, 0.05) is 24.3 Å². The van der Waals surface area contributed by atoms with E-state index in [0.717, 1.165) is 12.2 Å². The van der Waals surface area contributed by atoms with Crippen LogP contribution in [0.5, 0.6) is 0 Å². The number of likely N-dealkylation sites (tertiary alicyclic amines) is 1. The average molecular weight is 587 g/mol. The summed E-state index contributed by atoms with van der Waals surface area (Å²) in [6, 6.07) is 6.37. The Balaban J connectivity index is 0.000000576. The summed E-state index contributed by atoms with van der Waals surface area (Å²) >= 11 is 0. The van der Waals surface area contributed by atoms with Gasteiger partial charge in [-0.3, -0.25) is 9.88 Å². The molecule has 1 unspecified atom stereocenters. The number of carbonyl (C=O) groups is 3. The van der Waals surface area contributed by atoms with Crippen LogP contribution in [0, 0.1) is 6.92 Å². The number of aryl methyl sites for hydroxylation is 1. The Bertz CT molecular complexity index is 889. The molecule has 1 atom stereocenters. The van der Waals surface area contributed by atoms with Gasteiger partial charge in [0.05, 0.1) is 5.69 Å². The van der Waals surface area contributed by atoms with Crippen molar-refractivity contribution in [3.05, 3.63) is 29.6 Å². The highest BCUT2D eigenvalue weighted by molar-refractivity contribution is 5.73. The summed E-state index contributed by atoms with van der Waals surface area (Å²) in [5.41, 5.74) is 2.77. The molecule has 39 heavy (non-hydrogen) atoms. The van der Waals surface area contributed by atoms with Crippen molar-refractivity contribution in [2.24, 2.45) is 0 Å². The molecule has 18 heteroatoms. The smallest absolute Gasteiger partial charge is 0.475 e. The van der Waals surface area contributed by atoms with E-state index in [1.165, 1.54) is 51.0 Å². The van der Waals surface area contributed by atoms with Gasteiger partial charge in [0.1, 0.15) is 0 Å². The molecule has 1 aromatic heterocycles. The molecule has 0 bridgehead atoms. The number of pyridine rings is 1. The lowest BCUT2D eigenvalue weighted by Crippen LogP contribution is -2.52. The lowest BCUT2D eigenvalue weighted by Gasteiger charge is -2.44. The Kier molecular flexibility index (Phi) is 13.7. The van der Waals surface area contributed by atoms with Crippen molar-refractivity contribution in [3.63, 3.8) is 0 Å². The zero-order valence-corrected chi connectivity index (χ0v) is 20.3. The fourth-order valence-corrected chi connectivity index (χ4v) is 3.50. The molecule has 0 aliphatic carbocycles. The number of hydrogen-bond acceptors (Lipinski definition) is 6. The Morgan fingerprint density at radius 3 is 1.69 bits per heavy atom. The zero-order valence-electron chi connectivity index (χ0n) is 20.3. The molecule has 2 aliphatic heterocycles. The summed E-state index contributed by atoms with van der Waals surface area (Å²) in [6.07, 6.45) is -9.86. The van der Waals surface area contributed by atoms with Crippen molar-refractivity contribution in [2.75, 3.05) is 19.6 Å². The number of nitrogens with zero attached hydrogens (tertiary/aromatic N) is 2. The minimum absolute atomic E-state index is 0.420. The number of hydrogen-bond donors (Lipinski definition) is 4. The molecule has 224 valence electrons. The second kappa shape index (κ2) is 14.9. The molecule has 2 fully saturated rings. The first-order valence-electron chi connectivity index (χ1n) is 10.9. The molecule has 4 N–H and O–H groups in total. The van der Waals surface area contributed by atoms with Crippen LogP contribution in [-0.2, 0) is 20.9 Å². The molecule has 1 spiro atoms. The van der Waals surface area contributed by atoms with Gasteiger partial charge in [-0.2, -0.15) is 39.5 Å². The Hall–Kier alpha value is -3.15. The molecule has 0 amide bonds. The first kappa shape index (κ1) is 35.9. The number of piperidine rings is 1. The second-order valence-corrected chi connectivity index (χ2v) is 8.21. The van der Waals surface area contributed by atoms with E-state index < -0.39 is 36.4 Å². The first-order valence-corrected chi connectivity index (χ1v) is 10.9. The van der Waals surface area contributed by atoms with Crippen molar-refractivity contribution in [2.45, 2.75) is 63.2 Å². The van der Waals surface area contributed by atoms with Crippen LogP contribution in [0.2, 0.25) is 0 Å². The van der Waals surface area contributed by atoms with Crippen molar-refractivity contribution < 1.29 is 69.2 Å². The number of carboxylic acid groups (broad SMARTS) is 3. The Morgan fingerprint density at radius 1 is 0.872 bits per heavy atom. The largest absolute Gasteiger partial charge is 0.490 e. The fraction of sp³-hybridized carbons (Fsp3) is 0.619. The third-order valence-corrected chi connectivity index (χ3v) is 5.24. The fourth-order valence-electron chi connectivity index (χ4n) is 3.50. The minimum Gasteiger partial charge on any atom is -0.475 e. The molecule has 1 aromatic rings. The molecule has 0 saturated carbocycles. The zero-order chi connectivity index (χ0) is 30.7. The van der Waals surface area contributed by atoms with Gasteiger partial charge in [-0.05, 0) is 51.4 Å². The van der Waals surface area contributed by atoms with Gasteiger partial charge < -0.3 is 20.6 Å². The van der Waals surface area contributed by atoms with Gasteiger partial charge in [-0.25, -0.2) is 14.4 Å². The van der Waals surface area contributed by atoms with Crippen LogP contribution >= 0.6 is 0 Å². The highest BCUT2D eigenvalue weighted by Crippen LogP contribution is 2.34. The molecule has 9 nitrogen and oxygen atoms in total. The standard InChI is InChI=1S/C15H23N3.3C2HF3O2/c1-13-5-4-6-14(17-13)11-18-10-3-2-7-15(18)8-9-16-12-15;3*3-2(4,5)1(6)7/h4-6,16H,2-3,7-12H2,1H3;3*(H,6,7). The maximum absolute atomic E-state index is 10.6. The number of aromatic nitrogens is 1. The highest BCUT2D eigenvalue weighted by atomic mass is 19.4. The molecule has 0 aromatic carbocycles. The minimum atomic E-state index is -5.08. The number of aliphatic carboxylic acids is 3. The maximum atomic E-state index is 10.6. The maximum Gasteiger partial charge on any atom is 0.490 e. The van der Waals surface area contributed by atoms with Crippen molar-refractivity contribution >= 4 is 17.9 Å². The summed E-state index contributed by atoms with van der Waals surface area (Å²) in [7, 11) is 0. The lowest BCUT2D eigenvalue weighted by atomic mass is 9.85. The monoisotopic (exact) mass is 587 g/mol. The van der Waals surface area contributed by atoms with Gasteiger partial charge >= 0.3 is 36.4 Å². The van der Waals surface area contributed by atoms with E-state index in [1.807, 2.05) is 0 Å². The van der Waals surface area contributed by atoms with E-state index in [0.29, 0.717) is 5.54 Å². The predicted molar refractivity (Wildman–Crippen MR) is 115 cm³/mol. The Morgan fingerprint density at radius 2 is 1.33 bits per heavy atom. The molecule has 2 aliphatic rings. The molecule has 0 radical (unpaired) electrons. The highest BCUT2D eigenvalue weighted by Gasteiger charge is 2.41. The molecule has 3 heterocycles. The number of halogens is 9. The van der Waals surface area contributed by atoms with E-state index in [1.54, 1.807) is 0 Å². The third-order valence-electron chi connectivity index (χ3n) is 5.24. The first-order chi connectivity index (χ1) is 17.6. The van der Waals surface area contributed by atoms with Gasteiger partial charge in [0.15, 0.2) is 0 Å². The van der Waals surface area contributed by atoms with E-state index in [2.05, 4.69) is 40.3 Å². The van der Waals surface area contributed by atoms with Crippen LogP contribution in [0.15, 0.2) is 18.2 Å². The number of carboxylic acids is 3. The third kappa shape index (κ3) is 14.0. The van der Waals surface area contributed by atoms with E-state index in [4.69, 9.17) is 29.7 Å². The van der Waals surface area contributed by atoms with Crippen molar-refractivity contribution in [1.82, 2.24) is 15.2 Å². The van der Waals surface area contributed by atoms with Gasteiger partial charge in [0.25, 0.3) is 0 Å². The van der Waals surface area contributed by atoms with E-state index in [-0.39, 0.29) is 0 Å². The van der Waals surface area contributed by atoms with Crippen LogP contribution < -0.4 is 5.32 Å².